The first kappa shape index (κ1) is 19.7. The van der Waals surface area contributed by atoms with E-state index in [4.69, 9.17) is 4.74 Å². The van der Waals surface area contributed by atoms with E-state index in [2.05, 4.69) is 39.7 Å². The number of nitrogens with zero attached hydrogens (tertiary/aromatic N) is 2. The Hall–Kier alpha value is -1.31. The van der Waals surface area contributed by atoms with Gasteiger partial charge in [-0.2, -0.15) is 0 Å². The lowest BCUT2D eigenvalue weighted by Crippen LogP contribution is -2.42. The van der Waals surface area contributed by atoms with Gasteiger partial charge in [-0.25, -0.2) is 9.98 Å². The van der Waals surface area contributed by atoms with E-state index in [9.17, 15) is 0 Å². The summed E-state index contributed by atoms with van der Waals surface area (Å²) >= 11 is 0. The molecule has 0 saturated carbocycles. The van der Waals surface area contributed by atoms with E-state index in [0.29, 0.717) is 18.5 Å². The second-order valence-electron chi connectivity index (χ2n) is 5.65. The Bertz CT molecular complexity index is 506. The predicted molar refractivity (Wildman–Crippen MR) is 106 cm³/mol. The van der Waals surface area contributed by atoms with Crippen molar-refractivity contribution in [3.8, 4) is 5.88 Å². The highest BCUT2D eigenvalue weighted by atomic mass is 127. The molecular weight excluding hydrogens is 403 g/mol. The van der Waals surface area contributed by atoms with E-state index in [0.717, 1.165) is 30.9 Å². The van der Waals surface area contributed by atoms with Crippen molar-refractivity contribution >= 4 is 29.9 Å². The van der Waals surface area contributed by atoms with E-state index >= 15 is 0 Å². The molecule has 0 atom stereocenters. The number of pyridine rings is 1. The molecule has 2 rings (SSSR count). The fourth-order valence-electron chi connectivity index (χ4n) is 2.23. The Kier molecular flexibility index (Phi) is 8.98. The lowest BCUT2D eigenvalue weighted by Gasteiger charge is -2.16. The van der Waals surface area contributed by atoms with E-state index in [1.54, 1.807) is 0 Å². The van der Waals surface area contributed by atoms with Crippen molar-refractivity contribution in [1.29, 1.82) is 0 Å². The standard InChI is InChI=1S/C17H26N4O.HI/c1-4-18-17(21-15-7-5-6-8-15)20-12-14-9-10-16(19-11-14)22-13(2)3;/h5-6,9-11,13,15H,4,7-8,12H2,1-3H3,(H2,18,20,21);1H. The smallest absolute Gasteiger partial charge is 0.213 e. The molecule has 6 heteroatoms. The molecule has 128 valence electrons. The number of hydrogen-bond acceptors (Lipinski definition) is 3. The van der Waals surface area contributed by atoms with Crippen LogP contribution in [0.2, 0.25) is 0 Å². The molecule has 0 saturated heterocycles. The number of rotatable bonds is 6. The van der Waals surface area contributed by atoms with Gasteiger partial charge in [0.05, 0.1) is 12.6 Å². The third-order valence-corrected chi connectivity index (χ3v) is 3.27. The van der Waals surface area contributed by atoms with Gasteiger partial charge in [0.15, 0.2) is 5.96 Å². The molecule has 2 N–H and O–H groups in total. The van der Waals surface area contributed by atoms with Gasteiger partial charge >= 0.3 is 0 Å². The van der Waals surface area contributed by atoms with Crippen molar-refractivity contribution in [3.63, 3.8) is 0 Å². The number of nitrogens with one attached hydrogen (secondary N) is 2. The molecule has 1 heterocycles. The summed E-state index contributed by atoms with van der Waals surface area (Å²) < 4.78 is 5.54. The monoisotopic (exact) mass is 430 g/mol. The Morgan fingerprint density at radius 3 is 2.65 bits per heavy atom. The summed E-state index contributed by atoms with van der Waals surface area (Å²) in [4.78, 5) is 8.93. The number of aliphatic imine (C=N–C) groups is 1. The highest BCUT2D eigenvalue weighted by Crippen LogP contribution is 2.11. The molecule has 5 nitrogen and oxygen atoms in total. The van der Waals surface area contributed by atoms with Crippen LogP contribution in [0.4, 0.5) is 0 Å². The second kappa shape index (κ2) is 10.5. The molecule has 0 amide bonds. The van der Waals surface area contributed by atoms with Crippen LogP contribution >= 0.6 is 24.0 Å². The molecule has 0 unspecified atom stereocenters. The minimum absolute atomic E-state index is 0. The summed E-state index contributed by atoms with van der Waals surface area (Å²) in [6, 6.07) is 4.36. The van der Waals surface area contributed by atoms with Gasteiger partial charge in [-0.15, -0.1) is 24.0 Å². The zero-order chi connectivity index (χ0) is 15.8. The lowest BCUT2D eigenvalue weighted by molar-refractivity contribution is 0.232. The molecule has 1 aliphatic rings. The maximum Gasteiger partial charge on any atom is 0.213 e. The van der Waals surface area contributed by atoms with Crippen molar-refractivity contribution in [3.05, 3.63) is 36.0 Å². The van der Waals surface area contributed by atoms with Gasteiger partial charge in [0.2, 0.25) is 5.88 Å². The maximum atomic E-state index is 5.54. The van der Waals surface area contributed by atoms with Gasteiger partial charge in [-0.05, 0) is 39.2 Å². The minimum atomic E-state index is 0. The molecular formula is C17H27IN4O. The first-order chi connectivity index (χ1) is 10.7. The average Bonchev–Trinajstić information content (AvgIpc) is 2.99. The Balaban J connectivity index is 0.00000264. The molecule has 0 aliphatic heterocycles. The van der Waals surface area contributed by atoms with Crippen LogP contribution in [0.25, 0.3) is 0 Å². The van der Waals surface area contributed by atoms with Crippen molar-refractivity contribution in [2.75, 3.05) is 6.54 Å². The van der Waals surface area contributed by atoms with Crippen LogP contribution in [-0.2, 0) is 6.54 Å². The Morgan fingerprint density at radius 2 is 2.09 bits per heavy atom. The molecule has 1 aliphatic carbocycles. The maximum absolute atomic E-state index is 5.54. The third kappa shape index (κ3) is 7.20. The summed E-state index contributed by atoms with van der Waals surface area (Å²) in [5, 5.41) is 6.74. The Labute approximate surface area is 156 Å². The number of hydrogen-bond donors (Lipinski definition) is 2. The van der Waals surface area contributed by atoms with Crippen LogP contribution in [0.5, 0.6) is 5.88 Å². The average molecular weight is 430 g/mol. The third-order valence-electron chi connectivity index (χ3n) is 3.27. The number of aromatic nitrogens is 1. The van der Waals surface area contributed by atoms with Crippen molar-refractivity contribution in [2.45, 2.75) is 52.3 Å². The summed E-state index contributed by atoms with van der Waals surface area (Å²) in [5.74, 6) is 1.52. The van der Waals surface area contributed by atoms with Crippen molar-refractivity contribution in [1.82, 2.24) is 15.6 Å². The normalized spacial score (nSPS) is 14.7. The van der Waals surface area contributed by atoms with Crippen LogP contribution in [0, 0.1) is 0 Å². The van der Waals surface area contributed by atoms with Crippen LogP contribution < -0.4 is 15.4 Å². The van der Waals surface area contributed by atoms with Gasteiger partial charge in [0.1, 0.15) is 0 Å². The summed E-state index contributed by atoms with van der Waals surface area (Å²) in [6.45, 7) is 7.51. The minimum Gasteiger partial charge on any atom is -0.475 e. The van der Waals surface area contributed by atoms with Crippen LogP contribution in [0.1, 0.15) is 39.2 Å². The first-order valence-electron chi connectivity index (χ1n) is 7.98. The molecule has 0 radical (unpaired) electrons. The molecule has 0 fully saturated rings. The van der Waals surface area contributed by atoms with E-state index in [1.165, 1.54) is 0 Å². The van der Waals surface area contributed by atoms with E-state index in [1.807, 2.05) is 32.2 Å². The largest absolute Gasteiger partial charge is 0.475 e. The van der Waals surface area contributed by atoms with Gasteiger partial charge in [-0.1, -0.05) is 18.2 Å². The first-order valence-corrected chi connectivity index (χ1v) is 7.98. The van der Waals surface area contributed by atoms with Crippen molar-refractivity contribution < 1.29 is 4.74 Å². The van der Waals surface area contributed by atoms with Crippen LogP contribution in [0.3, 0.4) is 0 Å². The zero-order valence-electron chi connectivity index (χ0n) is 14.1. The summed E-state index contributed by atoms with van der Waals surface area (Å²) in [5.41, 5.74) is 1.07. The van der Waals surface area contributed by atoms with E-state index in [-0.39, 0.29) is 30.1 Å². The summed E-state index contributed by atoms with van der Waals surface area (Å²) in [6.07, 6.45) is 8.50. The number of halogens is 1. The highest BCUT2D eigenvalue weighted by Gasteiger charge is 2.11. The number of ether oxygens (including phenoxy) is 1. The molecule has 0 aromatic carbocycles. The van der Waals surface area contributed by atoms with Crippen LogP contribution in [0.15, 0.2) is 35.5 Å². The van der Waals surface area contributed by atoms with Gasteiger partial charge in [-0.3, -0.25) is 0 Å². The molecule has 0 bridgehead atoms. The molecule has 1 aromatic rings. The SMILES string of the molecule is CCNC(=NCc1ccc(OC(C)C)nc1)NC1CC=CC1.I. The van der Waals surface area contributed by atoms with Crippen molar-refractivity contribution in [2.24, 2.45) is 4.99 Å². The highest BCUT2D eigenvalue weighted by molar-refractivity contribution is 14.0. The lowest BCUT2D eigenvalue weighted by atomic mass is 10.2. The van der Waals surface area contributed by atoms with Gasteiger partial charge in [0, 0.05) is 24.8 Å². The fourth-order valence-corrected chi connectivity index (χ4v) is 2.23. The molecule has 1 aromatic heterocycles. The molecule has 23 heavy (non-hydrogen) atoms. The van der Waals surface area contributed by atoms with E-state index < -0.39 is 0 Å². The number of guanidine groups is 1. The van der Waals surface area contributed by atoms with Gasteiger partial charge in [0.25, 0.3) is 0 Å². The van der Waals surface area contributed by atoms with Gasteiger partial charge < -0.3 is 15.4 Å². The van der Waals surface area contributed by atoms with Crippen LogP contribution in [-0.4, -0.2) is 29.6 Å². The Morgan fingerprint density at radius 1 is 1.35 bits per heavy atom. The fraction of sp³-hybridized carbons (Fsp3) is 0.529. The predicted octanol–water partition coefficient (Wildman–Crippen LogP) is 3.26. The summed E-state index contributed by atoms with van der Waals surface area (Å²) in [7, 11) is 0. The zero-order valence-corrected chi connectivity index (χ0v) is 16.4. The molecule has 0 spiro atoms. The quantitative estimate of drug-likeness (QED) is 0.315. The topological polar surface area (TPSA) is 58.5 Å². The second-order valence-corrected chi connectivity index (χ2v) is 5.65.